The van der Waals surface area contributed by atoms with Gasteiger partial charge >= 0.3 is 0 Å². The molecule has 0 saturated carbocycles. The lowest BCUT2D eigenvalue weighted by Crippen LogP contribution is -2.45. The van der Waals surface area contributed by atoms with Gasteiger partial charge in [-0.2, -0.15) is 0 Å². The molecule has 0 aromatic heterocycles. The zero-order valence-electron chi connectivity index (χ0n) is 12.9. The summed E-state index contributed by atoms with van der Waals surface area (Å²) < 4.78 is 5.66. The Balaban J connectivity index is 1.86. The van der Waals surface area contributed by atoms with Crippen LogP contribution in [0.4, 0.5) is 0 Å². The SMILES string of the molecule is CC1CC(O)CN(C(=O)c2ccc3c(c2)C(C)(C)CO3)C1. The van der Waals surface area contributed by atoms with Crippen molar-refractivity contribution in [2.45, 2.75) is 38.7 Å². The number of β-amino-alcohol motifs (C(OH)–C–C–N with tert-alkyl or cyclic N) is 1. The molecule has 1 aromatic rings. The lowest BCUT2D eigenvalue weighted by molar-refractivity contribution is 0.0339. The molecule has 21 heavy (non-hydrogen) atoms. The molecule has 1 saturated heterocycles. The molecule has 1 aromatic carbocycles. The van der Waals surface area contributed by atoms with Crippen molar-refractivity contribution in [3.8, 4) is 5.75 Å². The van der Waals surface area contributed by atoms with Crippen molar-refractivity contribution >= 4 is 5.91 Å². The first-order valence-corrected chi connectivity index (χ1v) is 7.61. The minimum Gasteiger partial charge on any atom is -0.492 e. The van der Waals surface area contributed by atoms with E-state index in [2.05, 4.69) is 20.8 Å². The number of hydrogen-bond acceptors (Lipinski definition) is 3. The summed E-state index contributed by atoms with van der Waals surface area (Å²) in [6.07, 6.45) is 0.362. The van der Waals surface area contributed by atoms with Crippen LogP contribution in [-0.2, 0) is 5.41 Å². The number of rotatable bonds is 1. The number of amides is 1. The predicted octanol–water partition coefficient (Wildman–Crippen LogP) is 2.20. The van der Waals surface area contributed by atoms with Crippen LogP contribution in [0, 0.1) is 5.92 Å². The molecule has 4 heteroatoms. The Kier molecular flexibility index (Phi) is 3.44. The van der Waals surface area contributed by atoms with E-state index in [1.54, 1.807) is 4.90 Å². The zero-order chi connectivity index (χ0) is 15.2. The summed E-state index contributed by atoms with van der Waals surface area (Å²) >= 11 is 0. The van der Waals surface area contributed by atoms with Crippen LogP contribution in [-0.4, -0.2) is 41.7 Å². The van der Waals surface area contributed by atoms with Crippen molar-refractivity contribution in [3.63, 3.8) is 0 Å². The van der Waals surface area contributed by atoms with Gasteiger partial charge in [0.25, 0.3) is 5.91 Å². The van der Waals surface area contributed by atoms with Gasteiger partial charge in [-0.05, 0) is 30.5 Å². The first-order chi connectivity index (χ1) is 9.87. The standard InChI is InChI=1S/C17H23NO3/c1-11-6-13(19)9-18(8-11)16(20)12-4-5-15-14(7-12)17(2,3)10-21-15/h4-5,7,11,13,19H,6,8-10H2,1-3H3. The van der Waals surface area contributed by atoms with Crippen LogP contribution >= 0.6 is 0 Å². The highest BCUT2D eigenvalue weighted by Gasteiger charge is 2.33. The number of hydrogen-bond donors (Lipinski definition) is 1. The quantitative estimate of drug-likeness (QED) is 0.862. The number of fused-ring (bicyclic) bond motifs is 1. The first-order valence-electron chi connectivity index (χ1n) is 7.61. The van der Waals surface area contributed by atoms with E-state index in [4.69, 9.17) is 4.74 Å². The number of aliphatic hydroxyl groups excluding tert-OH is 1. The molecule has 2 heterocycles. The lowest BCUT2D eigenvalue weighted by Gasteiger charge is -2.34. The van der Waals surface area contributed by atoms with E-state index in [9.17, 15) is 9.90 Å². The summed E-state index contributed by atoms with van der Waals surface area (Å²) in [6.45, 7) is 8.12. The van der Waals surface area contributed by atoms with Crippen LogP contribution < -0.4 is 4.74 Å². The summed E-state index contributed by atoms with van der Waals surface area (Å²) in [7, 11) is 0. The monoisotopic (exact) mass is 289 g/mol. The fourth-order valence-electron chi connectivity index (χ4n) is 3.32. The third kappa shape index (κ3) is 2.64. The fourth-order valence-corrected chi connectivity index (χ4v) is 3.32. The van der Waals surface area contributed by atoms with E-state index in [-0.39, 0.29) is 11.3 Å². The molecule has 0 bridgehead atoms. The Bertz CT molecular complexity index is 557. The van der Waals surface area contributed by atoms with Crippen LogP contribution in [0.15, 0.2) is 18.2 Å². The second kappa shape index (κ2) is 5.02. The van der Waals surface area contributed by atoms with Gasteiger partial charge in [-0.3, -0.25) is 4.79 Å². The van der Waals surface area contributed by atoms with Gasteiger partial charge in [0.15, 0.2) is 0 Å². The Labute approximate surface area is 125 Å². The summed E-state index contributed by atoms with van der Waals surface area (Å²) in [5.74, 6) is 1.22. The fraction of sp³-hybridized carbons (Fsp3) is 0.588. The molecule has 3 rings (SSSR count). The second-order valence-electron chi connectivity index (χ2n) is 7.09. The number of piperidine rings is 1. The largest absolute Gasteiger partial charge is 0.492 e. The average molecular weight is 289 g/mol. The number of carbonyl (C=O) groups excluding carboxylic acids is 1. The van der Waals surface area contributed by atoms with Crippen LogP contribution in [0.5, 0.6) is 5.75 Å². The summed E-state index contributed by atoms with van der Waals surface area (Å²) in [4.78, 5) is 14.4. The highest BCUT2D eigenvalue weighted by molar-refractivity contribution is 5.95. The summed E-state index contributed by atoms with van der Waals surface area (Å²) in [5.41, 5.74) is 1.73. The molecule has 0 aliphatic carbocycles. The topological polar surface area (TPSA) is 49.8 Å². The van der Waals surface area contributed by atoms with Crippen molar-refractivity contribution < 1.29 is 14.6 Å². The van der Waals surface area contributed by atoms with E-state index < -0.39 is 6.10 Å². The van der Waals surface area contributed by atoms with Crippen molar-refractivity contribution in [2.75, 3.05) is 19.7 Å². The predicted molar refractivity (Wildman–Crippen MR) is 80.7 cm³/mol. The third-order valence-corrected chi connectivity index (χ3v) is 4.47. The average Bonchev–Trinajstić information content (AvgIpc) is 2.72. The minimum atomic E-state index is -0.410. The molecule has 114 valence electrons. The third-order valence-electron chi connectivity index (χ3n) is 4.47. The Morgan fingerprint density at radius 1 is 1.38 bits per heavy atom. The molecular weight excluding hydrogens is 266 g/mol. The maximum Gasteiger partial charge on any atom is 0.253 e. The van der Waals surface area contributed by atoms with Gasteiger partial charge in [-0.1, -0.05) is 20.8 Å². The highest BCUT2D eigenvalue weighted by atomic mass is 16.5. The van der Waals surface area contributed by atoms with Gasteiger partial charge in [0, 0.05) is 29.6 Å². The molecule has 1 fully saturated rings. The van der Waals surface area contributed by atoms with E-state index in [0.717, 1.165) is 17.7 Å². The van der Waals surface area contributed by atoms with Gasteiger partial charge in [-0.15, -0.1) is 0 Å². The van der Waals surface area contributed by atoms with Crippen molar-refractivity contribution in [1.29, 1.82) is 0 Å². The number of aliphatic hydroxyl groups is 1. The molecule has 1 amide bonds. The summed E-state index contributed by atoms with van der Waals surface area (Å²) in [6, 6.07) is 5.67. The Morgan fingerprint density at radius 2 is 2.14 bits per heavy atom. The van der Waals surface area contributed by atoms with E-state index >= 15 is 0 Å². The second-order valence-corrected chi connectivity index (χ2v) is 7.09. The molecular formula is C17H23NO3. The van der Waals surface area contributed by atoms with Crippen molar-refractivity contribution in [2.24, 2.45) is 5.92 Å². The normalized spacial score (nSPS) is 27.1. The van der Waals surface area contributed by atoms with Gasteiger partial charge in [-0.25, -0.2) is 0 Å². The molecule has 2 unspecified atom stereocenters. The van der Waals surface area contributed by atoms with Crippen molar-refractivity contribution in [3.05, 3.63) is 29.3 Å². The van der Waals surface area contributed by atoms with E-state index in [1.807, 2.05) is 18.2 Å². The number of carbonyl (C=O) groups is 1. The maximum absolute atomic E-state index is 12.7. The Hall–Kier alpha value is -1.55. The molecule has 4 nitrogen and oxygen atoms in total. The summed E-state index contributed by atoms with van der Waals surface area (Å²) in [5, 5.41) is 9.87. The molecule has 2 aliphatic heterocycles. The van der Waals surface area contributed by atoms with E-state index in [1.165, 1.54) is 0 Å². The van der Waals surface area contributed by atoms with Crippen LogP contribution in [0.1, 0.15) is 43.1 Å². The molecule has 1 N–H and O–H groups in total. The molecule has 0 spiro atoms. The molecule has 2 atom stereocenters. The molecule has 2 aliphatic rings. The highest BCUT2D eigenvalue weighted by Crippen LogP contribution is 2.38. The molecule has 0 radical (unpaired) electrons. The number of nitrogens with zero attached hydrogens (tertiary/aromatic N) is 1. The number of benzene rings is 1. The zero-order valence-corrected chi connectivity index (χ0v) is 12.9. The van der Waals surface area contributed by atoms with Gasteiger partial charge in [0.1, 0.15) is 5.75 Å². The number of likely N-dealkylation sites (tertiary alicyclic amines) is 1. The van der Waals surface area contributed by atoms with Crippen LogP contribution in [0.25, 0.3) is 0 Å². The number of ether oxygens (including phenoxy) is 1. The van der Waals surface area contributed by atoms with Gasteiger partial charge in [0.2, 0.25) is 0 Å². The van der Waals surface area contributed by atoms with Crippen molar-refractivity contribution in [1.82, 2.24) is 4.90 Å². The smallest absolute Gasteiger partial charge is 0.253 e. The maximum atomic E-state index is 12.7. The van der Waals surface area contributed by atoms with Crippen LogP contribution in [0.3, 0.4) is 0 Å². The van der Waals surface area contributed by atoms with E-state index in [0.29, 0.717) is 31.2 Å². The lowest BCUT2D eigenvalue weighted by atomic mass is 9.86. The van der Waals surface area contributed by atoms with Gasteiger partial charge in [0.05, 0.1) is 12.7 Å². The van der Waals surface area contributed by atoms with Gasteiger partial charge < -0.3 is 14.7 Å². The first kappa shape index (κ1) is 14.4. The van der Waals surface area contributed by atoms with Crippen LogP contribution in [0.2, 0.25) is 0 Å². The Morgan fingerprint density at radius 3 is 2.86 bits per heavy atom. The minimum absolute atomic E-state index is 0.00565.